The number of imidazole rings is 1. The number of rotatable bonds is 2. The highest BCUT2D eigenvalue weighted by Crippen LogP contribution is 2.32. The molecule has 0 bridgehead atoms. The van der Waals surface area contributed by atoms with Crippen LogP contribution in [0.3, 0.4) is 0 Å². The number of aromatic amines is 1. The van der Waals surface area contributed by atoms with E-state index in [0.29, 0.717) is 19.8 Å². The number of morpholine rings is 1. The van der Waals surface area contributed by atoms with Crippen LogP contribution in [0.1, 0.15) is 43.2 Å². The second-order valence-electron chi connectivity index (χ2n) is 5.90. The van der Waals surface area contributed by atoms with Crippen LogP contribution in [0.5, 0.6) is 0 Å². The molecule has 0 aromatic carbocycles. The molecule has 0 radical (unpaired) electrons. The highest BCUT2D eigenvalue weighted by Gasteiger charge is 2.43. The van der Waals surface area contributed by atoms with Gasteiger partial charge in [0.25, 0.3) is 0 Å². The standard InChI is InChI=1S/C14H22N4O2/c1-10-8-16-12(17-10)11-9-20-7-6-18(11)13(19)14(15)4-2-3-5-14/h8,11H,2-7,9,15H2,1H3,(H,16,17). The normalized spacial score (nSPS) is 25.9. The number of ether oxygens (including phenoxy) is 1. The number of amides is 1. The largest absolute Gasteiger partial charge is 0.377 e. The SMILES string of the molecule is Cc1cnc(C2COCCN2C(=O)C2(N)CCCC2)[nH]1. The van der Waals surface area contributed by atoms with Gasteiger partial charge in [-0.15, -0.1) is 0 Å². The Labute approximate surface area is 118 Å². The number of H-pyrrole nitrogens is 1. The van der Waals surface area contributed by atoms with Gasteiger partial charge in [-0.2, -0.15) is 0 Å². The predicted octanol–water partition coefficient (Wildman–Crippen LogP) is 0.890. The van der Waals surface area contributed by atoms with E-state index in [1.807, 2.05) is 11.8 Å². The fourth-order valence-corrected chi connectivity index (χ4v) is 3.18. The molecule has 1 amide bonds. The summed E-state index contributed by atoms with van der Waals surface area (Å²) in [5, 5.41) is 0. The van der Waals surface area contributed by atoms with Crippen LogP contribution < -0.4 is 5.73 Å². The molecule has 1 aliphatic carbocycles. The number of carbonyl (C=O) groups is 1. The fourth-order valence-electron chi connectivity index (χ4n) is 3.18. The first-order valence-electron chi connectivity index (χ1n) is 7.29. The smallest absolute Gasteiger partial charge is 0.243 e. The van der Waals surface area contributed by atoms with E-state index >= 15 is 0 Å². The van der Waals surface area contributed by atoms with Crippen molar-refractivity contribution in [3.63, 3.8) is 0 Å². The monoisotopic (exact) mass is 278 g/mol. The Morgan fingerprint density at radius 2 is 2.30 bits per heavy atom. The van der Waals surface area contributed by atoms with Crippen molar-refractivity contribution < 1.29 is 9.53 Å². The molecule has 6 heteroatoms. The zero-order valence-corrected chi connectivity index (χ0v) is 11.9. The molecule has 1 aromatic heterocycles. The maximum Gasteiger partial charge on any atom is 0.243 e. The third-order valence-corrected chi connectivity index (χ3v) is 4.35. The summed E-state index contributed by atoms with van der Waals surface area (Å²) in [7, 11) is 0. The van der Waals surface area contributed by atoms with E-state index in [9.17, 15) is 4.79 Å². The highest BCUT2D eigenvalue weighted by molar-refractivity contribution is 5.86. The van der Waals surface area contributed by atoms with E-state index in [-0.39, 0.29) is 11.9 Å². The number of carbonyl (C=O) groups excluding carboxylic acids is 1. The zero-order valence-electron chi connectivity index (χ0n) is 11.9. The van der Waals surface area contributed by atoms with Gasteiger partial charge in [-0.3, -0.25) is 4.79 Å². The minimum atomic E-state index is -0.683. The van der Waals surface area contributed by atoms with E-state index in [4.69, 9.17) is 10.5 Å². The van der Waals surface area contributed by atoms with E-state index in [1.165, 1.54) is 0 Å². The summed E-state index contributed by atoms with van der Waals surface area (Å²) >= 11 is 0. The quantitative estimate of drug-likeness (QED) is 0.841. The lowest BCUT2D eigenvalue weighted by atomic mass is 9.96. The van der Waals surface area contributed by atoms with Gasteiger partial charge in [-0.25, -0.2) is 4.98 Å². The number of nitrogens with two attached hydrogens (primary N) is 1. The molecular weight excluding hydrogens is 256 g/mol. The predicted molar refractivity (Wildman–Crippen MR) is 74.0 cm³/mol. The zero-order chi connectivity index (χ0) is 14.2. The molecule has 1 saturated heterocycles. The van der Waals surface area contributed by atoms with Crippen molar-refractivity contribution in [2.75, 3.05) is 19.8 Å². The molecule has 110 valence electrons. The van der Waals surface area contributed by atoms with Crippen LogP contribution in [0.25, 0.3) is 0 Å². The first-order chi connectivity index (χ1) is 9.60. The van der Waals surface area contributed by atoms with Crippen molar-refractivity contribution in [3.8, 4) is 0 Å². The molecule has 1 aliphatic heterocycles. The summed E-state index contributed by atoms with van der Waals surface area (Å²) in [5.74, 6) is 0.842. The van der Waals surface area contributed by atoms with E-state index in [0.717, 1.165) is 37.2 Å². The van der Waals surface area contributed by atoms with Crippen molar-refractivity contribution >= 4 is 5.91 Å². The van der Waals surface area contributed by atoms with Crippen molar-refractivity contribution in [1.29, 1.82) is 0 Å². The van der Waals surface area contributed by atoms with Crippen LogP contribution >= 0.6 is 0 Å². The Morgan fingerprint density at radius 3 is 2.95 bits per heavy atom. The molecule has 1 saturated carbocycles. The molecule has 20 heavy (non-hydrogen) atoms. The number of hydrogen-bond acceptors (Lipinski definition) is 4. The Kier molecular flexibility index (Phi) is 3.52. The summed E-state index contributed by atoms with van der Waals surface area (Å²) in [6.07, 6.45) is 5.43. The molecule has 2 aliphatic rings. The van der Waals surface area contributed by atoms with Crippen molar-refractivity contribution in [2.45, 2.75) is 44.2 Å². The second-order valence-corrected chi connectivity index (χ2v) is 5.90. The molecular formula is C14H22N4O2. The summed E-state index contributed by atoms with van der Waals surface area (Å²) in [4.78, 5) is 22.2. The first kappa shape index (κ1) is 13.6. The van der Waals surface area contributed by atoms with Gasteiger partial charge in [-0.05, 0) is 19.8 Å². The highest BCUT2D eigenvalue weighted by atomic mass is 16.5. The average Bonchev–Trinajstić information content (AvgIpc) is 3.08. The van der Waals surface area contributed by atoms with Crippen LogP contribution in [-0.4, -0.2) is 46.1 Å². The Balaban J connectivity index is 1.83. The van der Waals surface area contributed by atoms with Gasteiger partial charge in [0.1, 0.15) is 11.9 Å². The second kappa shape index (κ2) is 5.18. The van der Waals surface area contributed by atoms with Crippen molar-refractivity contribution in [2.24, 2.45) is 5.73 Å². The van der Waals surface area contributed by atoms with Gasteiger partial charge in [0.05, 0.1) is 18.8 Å². The number of aryl methyl sites for hydroxylation is 1. The van der Waals surface area contributed by atoms with Crippen LogP contribution in [0.4, 0.5) is 0 Å². The molecule has 1 aromatic rings. The lowest BCUT2D eigenvalue weighted by Crippen LogP contribution is -2.57. The fraction of sp³-hybridized carbons (Fsp3) is 0.714. The number of hydrogen-bond donors (Lipinski definition) is 2. The third-order valence-electron chi connectivity index (χ3n) is 4.35. The molecule has 2 heterocycles. The summed E-state index contributed by atoms with van der Waals surface area (Å²) in [5.41, 5.74) is 6.62. The maximum atomic E-state index is 12.8. The van der Waals surface area contributed by atoms with Crippen LogP contribution in [-0.2, 0) is 9.53 Å². The average molecular weight is 278 g/mol. The minimum Gasteiger partial charge on any atom is -0.377 e. The molecule has 6 nitrogen and oxygen atoms in total. The molecule has 3 N–H and O–H groups in total. The number of nitrogens with one attached hydrogen (secondary N) is 1. The van der Waals surface area contributed by atoms with Crippen LogP contribution in [0, 0.1) is 6.92 Å². The van der Waals surface area contributed by atoms with Crippen molar-refractivity contribution in [1.82, 2.24) is 14.9 Å². The number of nitrogens with zero attached hydrogens (tertiary/aromatic N) is 2. The lowest BCUT2D eigenvalue weighted by molar-refractivity contribution is -0.146. The molecule has 3 rings (SSSR count). The Bertz CT molecular complexity index is 493. The maximum absolute atomic E-state index is 12.8. The van der Waals surface area contributed by atoms with Gasteiger partial charge in [0, 0.05) is 18.4 Å². The van der Waals surface area contributed by atoms with Gasteiger partial charge >= 0.3 is 0 Å². The van der Waals surface area contributed by atoms with Gasteiger partial charge < -0.3 is 20.4 Å². The summed E-state index contributed by atoms with van der Waals surface area (Å²) < 4.78 is 5.53. The first-order valence-corrected chi connectivity index (χ1v) is 7.29. The molecule has 2 fully saturated rings. The van der Waals surface area contributed by atoms with E-state index < -0.39 is 5.54 Å². The van der Waals surface area contributed by atoms with Gasteiger partial charge in [0.15, 0.2) is 0 Å². The Morgan fingerprint density at radius 1 is 1.55 bits per heavy atom. The summed E-state index contributed by atoms with van der Waals surface area (Å²) in [6, 6.07) is -0.147. The van der Waals surface area contributed by atoms with E-state index in [2.05, 4.69) is 9.97 Å². The van der Waals surface area contributed by atoms with Gasteiger partial charge in [-0.1, -0.05) is 12.8 Å². The third kappa shape index (κ3) is 2.33. The molecule has 1 atom stereocenters. The molecule has 0 spiro atoms. The van der Waals surface area contributed by atoms with E-state index in [1.54, 1.807) is 6.20 Å². The minimum absolute atomic E-state index is 0.0531. The van der Waals surface area contributed by atoms with Crippen LogP contribution in [0.2, 0.25) is 0 Å². The topological polar surface area (TPSA) is 84.2 Å². The van der Waals surface area contributed by atoms with Gasteiger partial charge in [0.2, 0.25) is 5.91 Å². The summed E-state index contributed by atoms with van der Waals surface area (Å²) in [6.45, 7) is 3.59. The Hall–Kier alpha value is -1.40. The lowest BCUT2D eigenvalue weighted by Gasteiger charge is -2.39. The van der Waals surface area contributed by atoms with Crippen molar-refractivity contribution in [3.05, 3.63) is 17.7 Å². The molecule has 1 unspecified atom stereocenters. The van der Waals surface area contributed by atoms with Crippen LogP contribution in [0.15, 0.2) is 6.20 Å². The number of aromatic nitrogens is 2.